The van der Waals surface area contributed by atoms with Crippen LogP contribution in [0.1, 0.15) is 6.42 Å². The van der Waals surface area contributed by atoms with E-state index in [1.54, 1.807) is 4.90 Å². The van der Waals surface area contributed by atoms with Crippen molar-refractivity contribution in [1.82, 2.24) is 14.1 Å². The highest BCUT2D eigenvalue weighted by molar-refractivity contribution is 7.88. The molecule has 2 heterocycles. The molecule has 1 unspecified atom stereocenters. The van der Waals surface area contributed by atoms with E-state index in [0.717, 1.165) is 6.26 Å². The van der Waals surface area contributed by atoms with Crippen molar-refractivity contribution in [2.75, 3.05) is 45.5 Å². The number of carbonyl (C=O) groups is 2. The van der Waals surface area contributed by atoms with Crippen LogP contribution in [0.5, 0.6) is 0 Å². The molecule has 0 radical (unpaired) electrons. The number of rotatable bonds is 2. The number of sulfonamides is 1. The lowest BCUT2D eigenvalue weighted by molar-refractivity contribution is -0.141. The van der Waals surface area contributed by atoms with Crippen LogP contribution in [-0.2, 0) is 14.8 Å². The zero-order valence-corrected chi connectivity index (χ0v) is 12.2. The van der Waals surface area contributed by atoms with Crippen molar-refractivity contribution in [3.8, 4) is 0 Å². The maximum absolute atomic E-state index is 12.2. The second-order valence-corrected chi connectivity index (χ2v) is 7.18. The Morgan fingerprint density at radius 2 is 1.65 bits per heavy atom. The summed E-state index contributed by atoms with van der Waals surface area (Å²) in [7, 11) is -3.21. The summed E-state index contributed by atoms with van der Waals surface area (Å²) in [6, 6.07) is -0.193. The lowest BCUT2D eigenvalue weighted by Gasteiger charge is -2.35. The van der Waals surface area contributed by atoms with Gasteiger partial charge in [0.1, 0.15) is 0 Å². The molecule has 0 bridgehead atoms. The van der Waals surface area contributed by atoms with Gasteiger partial charge in [-0.05, 0) is 6.42 Å². The third-order valence-electron chi connectivity index (χ3n) is 3.79. The molecule has 1 N–H and O–H groups in total. The van der Waals surface area contributed by atoms with Gasteiger partial charge >= 0.3 is 12.0 Å². The van der Waals surface area contributed by atoms with Crippen LogP contribution >= 0.6 is 0 Å². The average molecular weight is 305 g/mol. The topological polar surface area (TPSA) is 98.2 Å². The van der Waals surface area contributed by atoms with Crippen LogP contribution in [0.15, 0.2) is 0 Å². The number of amides is 2. The average Bonchev–Trinajstić information content (AvgIpc) is 2.86. The van der Waals surface area contributed by atoms with Gasteiger partial charge in [-0.2, -0.15) is 4.31 Å². The summed E-state index contributed by atoms with van der Waals surface area (Å²) >= 11 is 0. The number of urea groups is 1. The zero-order valence-electron chi connectivity index (χ0n) is 11.4. The Hall–Kier alpha value is -1.35. The second kappa shape index (κ2) is 5.57. The number of likely N-dealkylation sites (tertiary alicyclic amines) is 1. The Morgan fingerprint density at radius 3 is 2.10 bits per heavy atom. The fourth-order valence-corrected chi connectivity index (χ4v) is 3.37. The summed E-state index contributed by atoms with van der Waals surface area (Å²) in [6.07, 6.45) is 1.63. The van der Waals surface area contributed by atoms with Gasteiger partial charge in [-0.3, -0.25) is 4.79 Å². The molecule has 2 fully saturated rings. The minimum absolute atomic E-state index is 0.193. The zero-order chi connectivity index (χ0) is 14.9. The first kappa shape index (κ1) is 15.0. The molecule has 0 saturated carbocycles. The summed E-state index contributed by atoms with van der Waals surface area (Å²) in [4.78, 5) is 26.2. The molecule has 8 nitrogen and oxygen atoms in total. The van der Waals surface area contributed by atoms with E-state index in [0.29, 0.717) is 39.1 Å². The van der Waals surface area contributed by atoms with E-state index in [1.165, 1.54) is 9.21 Å². The third-order valence-corrected chi connectivity index (χ3v) is 5.09. The number of carboxylic acids is 1. The quantitative estimate of drug-likeness (QED) is 0.712. The van der Waals surface area contributed by atoms with E-state index in [4.69, 9.17) is 5.11 Å². The maximum Gasteiger partial charge on any atom is 0.320 e. The molecule has 20 heavy (non-hydrogen) atoms. The van der Waals surface area contributed by atoms with Crippen LogP contribution in [-0.4, -0.2) is 85.2 Å². The molecule has 9 heteroatoms. The Kier molecular flexibility index (Phi) is 4.19. The van der Waals surface area contributed by atoms with E-state index in [-0.39, 0.29) is 12.6 Å². The van der Waals surface area contributed by atoms with Gasteiger partial charge in [0.2, 0.25) is 10.0 Å². The molecule has 2 aliphatic heterocycles. The smallest absolute Gasteiger partial charge is 0.320 e. The number of carboxylic acid groups (broad SMARTS) is 1. The van der Waals surface area contributed by atoms with Crippen LogP contribution in [0.3, 0.4) is 0 Å². The predicted octanol–water partition coefficient (Wildman–Crippen LogP) is -0.910. The molecular formula is C11H19N3O5S. The van der Waals surface area contributed by atoms with Crippen molar-refractivity contribution in [2.24, 2.45) is 5.92 Å². The van der Waals surface area contributed by atoms with Gasteiger partial charge in [0.15, 0.2) is 0 Å². The van der Waals surface area contributed by atoms with Crippen molar-refractivity contribution >= 4 is 22.0 Å². The van der Waals surface area contributed by atoms with E-state index in [2.05, 4.69) is 0 Å². The van der Waals surface area contributed by atoms with Crippen molar-refractivity contribution in [3.63, 3.8) is 0 Å². The monoisotopic (exact) mass is 305 g/mol. The fourth-order valence-electron chi connectivity index (χ4n) is 2.55. The van der Waals surface area contributed by atoms with E-state index < -0.39 is 21.9 Å². The van der Waals surface area contributed by atoms with E-state index >= 15 is 0 Å². The van der Waals surface area contributed by atoms with Gasteiger partial charge in [0.25, 0.3) is 0 Å². The van der Waals surface area contributed by atoms with Gasteiger partial charge in [-0.15, -0.1) is 0 Å². The Morgan fingerprint density at radius 1 is 1.05 bits per heavy atom. The summed E-state index contributed by atoms with van der Waals surface area (Å²) in [5.41, 5.74) is 0. The molecule has 2 amide bonds. The van der Waals surface area contributed by atoms with Crippen molar-refractivity contribution in [3.05, 3.63) is 0 Å². The van der Waals surface area contributed by atoms with Crippen LogP contribution in [0.2, 0.25) is 0 Å². The van der Waals surface area contributed by atoms with Gasteiger partial charge in [-0.1, -0.05) is 0 Å². The third kappa shape index (κ3) is 3.21. The lowest BCUT2D eigenvalue weighted by Crippen LogP contribution is -2.53. The first-order chi connectivity index (χ1) is 9.29. The van der Waals surface area contributed by atoms with Gasteiger partial charge in [0, 0.05) is 39.3 Å². The molecular weight excluding hydrogens is 286 g/mol. The molecule has 2 saturated heterocycles. The molecule has 0 aromatic heterocycles. The largest absolute Gasteiger partial charge is 0.481 e. The Bertz CT molecular complexity index is 498. The van der Waals surface area contributed by atoms with Crippen LogP contribution in [0.25, 0.3) is 0 Å². The molecule has 2 aliphatic rings. The first-order valence-corrected chi connectivity index (χ1v) is 8.35. The lowest BCUT2D eigenvalue weighted by atomic mass is 10.1. The van der Waals surface area contributed by atoms with E-state index in [1.807, 2.05) is 0 Å². The molecule has 0 aliphatic carbocycles. The second-order valence-electron chi connectivity index (χ2n) is 5.20. The standard InChI is InChI=1S/C11H19N3O5S/c1-20(18,19)14-6-4-12(5-7-14)11(17)13-3-2-9(8-13)10(15)16/h9H,2-8H2,1H3,(H,15,16). The summed E-state index contributed by atoms with van der Waals surface area (Å²) < 4.78 is 24.1. The molecule has 0 aromatic rings. The number of carbonyl (C=O) groups excluding carboxylic acids is 1. The number of nitrogens with zero attached hydrogens (tertiary/aromatic N) is 3. The van der Waals surface area contributed by atoms with Gasteiger partial charge in [-0.25, -0.2) is 13.2 Å². The van der Waals surface area contributed by atoms with E-state index in [9.17, 15) is 18.0 Å². The van der Waals surface area contributed by atoms with Crippen molar-refractivity contribution in [2.45, 2.75) is 6.42 Å². The highest BCUT2D eigenvalue weighted by atomic mass is 32.2. The normalized spacial score (nSPS) is 24.9. The number of aliphatic carboxylic acids is 1. The molecule has 2 rings (SSSR count). The molecule has 0 spiro atoms. The Balaban J connectivity index is 1.88. The van der Waals surface area contributed by atoms with Crippen LogP contribution < -0.4 is 0 Å². The Labute approximate surface area is 118 Å². The first-order valence-electron chi connectivity index (χ1n) is 6.51. The van der Waals surface area contributed by atoms with Gasteiger partial charge < -0.3 is 14.9 Å². The van der Waals surface area contributed by atoms with Crippen molar-refractivity contribution < 1.29 is 23.1 Å². The number of piperazine rings is 1. The number of hydrogen-bond acceptors (Lipinski definition) is 4. The maximum atomic E-state index is 12.2. The highest BCUT2D eigenvalue weighted by Crippen LogP contribution is 2.18. The highest BCUT2D eigenvalue weighted by Gasteiger charge is 2.34. The SMILES string of the molecule is CS(=O)(=O)N1CCN(C(=O)N2CCC(C(=O)O)C2)CC1. The minimum atomic E-state index is -3.21. The van der Waals surface area contributed by atoms with Crippen molar-refractivity contribution in [1.29, 1.82) is 0 Å². The summed E-state index contributed by atoms with van der Waals surface area (Å²) in [5.74, 6) is -1.36. The minimum Gasteiger partial charge on any atom is -0.481 e. The number of hydrogen-bond donors (Lipinski definition) is 1. The fraction of sp³-hybridized carbons (Fsp3) is 0.818. The molecule has 1 atom stereocenters. The predicted molar refractivity (Wildman–Crippen MR) is 70.7 cm³/mol. The summed E-state index contributed by atoms with van der Waals surface area (Å²) in [5, 5.41) is 8.92. The van der Waals surface area contributed by atoms with Crippen LogP contribution in [0.4, 0.5) is 4.79 Å². The van der Waals surface area contributed by atoms with Gasteiger partial charge in [0.05, 0.1) is 12.2 Å². The molecule has 0 aromatic carbocycles. The van der Waals surface area contributed by atoms with Crippen LogP contribution in [0, 0.1) is 5.92 Å². The molecule has 114 valence electrons. The summed E-state index contributed by atoms with van der Waals surface area (Å²) in [6.45, 7) is 1.96.